The minimum atomic E-state index is 0. The Kier molecular flexibility index (Phi) is 4.98. The summed E-state index contributed by atoms with van der Waals surface area (Å²) in [5.41, 5.74) is 3.12. The predicted octanol–water partition coefficient (Wildman–Crippen LogP) is 3.93. The van der Waals surface area contributed by atoms with Crippen molar-refractivity contribution in [3.05, 3.63) is 47.6 Å². The van der Waals surface area contributed by atoms with Crippen LogP contribution in [0, 0.1) is 0 Å². The van der Waals surface area contributed by atoms with Crippen LogP contribution in [0.4, 0.5) is 0 Å². The van der Waals surface area contributed by atoms with Crippen molar-refractivity contribution in [2.24, 2.45) is 0 Å². The van der Waals surface area contributed by atoms with Crippen molar-refractivity contribution in [3.8, 4) is 0 Å². The van der Waals surface area contributed by atoms with Crippen LogP contribution in [0.15, 0.2) is 47.6 Å². The van der Waals surface area contributed by atoms with Crippen molar-refractivity contribution in [1.29, 1.82) is 0 Å². The van der Waals surface area contributed by atoms with Gasteiger partial charge in [0.15, 0.2) is 0 Å². The summed E-state index contributed by atoms with van der Waals surface area (Å²) < 4.78 is 0. The van der Waals surface area contributed by atoms with Crippen molar-refractivity contribution in [3.63, 3.8) is 0 Å². The van der Waals surface area contributed by atoms with Gasteiger partial charge in [0, 0.05) is 16.8 Å². The molecule has 0 saturated carbocycles. The van der Waals surface area contributed by atoms with Gasteiger partial charge in [-0.25, -0.2) is 0 Å². The van der Waals surface area contributed by atoms with Gasteiger partial charge in [-0.15, -0.1) is 0 Å². The molecule has 2 aliphatic rings. The third-order valence-electron chi connectivity index (χ3n) is 2.65. The van der Waals surface area contributed by atoms with Gasteiger partial charge in [0.05, 0.1) is 0 Å². The van der Waals surface area contributed by atoms with E-state index in [0.717, 1.165) is 6.42 Å². The Morgan fingerprint density at radius 3 is 2.50 bits per heavy atom. The van der Waals surface area contributed by atoms with Crippen LogP contribution in [0.25, 0.3) is 0 Å². The molecular weight excluding hydrogens is 215 g/mol. The second-order valence-electron chi connectivity index (χ2n) is 3.64. The Morgan fingerprint density at radius 2 is 1.71 bits per heavy atom. The molecule has 0 heterocycles. The van der Waals surface area contributed by atoms with Crippen molar-refractivity contribution in [1.82, 2.24) is 0 Å². The average molecular weight is 231 g/mol. The van der Waals surface area contributed by atoms with Crippen LogP contribution in [0.1, 0.15) is 32.1 Å². The Hall–Kier alpha value is -0.534. The molecule has 0 saturated heterocycles. The molecule has 0 spiro atoms. The fourth-order valence-electron chi connectivity index (χ4n) is 1.91. The van der Waals surface area contributed by atoms with Gasteiger partial charge in [-0.05, 0) is 43.3 Å². The molecule has 1 radical (unpaired) electrons. The second kappa shape index (κ2) is 6.05. The summed E-state index contributed by atoms with van der Waals surface area (Å²) in [5, 5.41) is 0. The fourth-order valence-corrected chi connectivity index (χ4v) is 1.91. The predicted molar refractivity (Wildman–Crippen MR) is 57.5 cm³/mol. The maximum absolute atomic E-state index is 2.42. The Bertz CT molecular complexity index is 292. The third kappa shape index (κ3) is 3.00. The first-order chi connectivity index (χ1) is 6.47. The van der Waals surface area contributed by atoms with E-state index in [1.807, 2.05) is 0 Å². The molecule has 0 fully saturated rings. The molecule has 0 aromatic carbocycles. The quantitative estimate of drug-likeness (QED) is 0.600. The second-order valence-corrected chi connectivity index (χ2v) is 3.64. The first kappa shape index (κ1) is 11.5. The molecule has 1 heteroatoms. The number of rotatable bonds is 1. The zero-order valence-corrected chi connectivity index (χ0v) is 9.37. The topological polar surface area (TPSA) is 0 Å². The average Bonchev–Trinajstić information content (AvgIpc) is 2.55. The Labute approximate surface area is 96.7 Å². The summed E-state index contributed by atoms with van der Waals surface area (Å²) in [6.07, 6.45) is 19.7. The Balaban J connectivity index is 0.000000980. The van der Waals surface area contributed by atoms with Gasteiger partial charge in [-0.2, -0.15) is 0 Å². The number of allylic oxidation sites excluding steroid dienone is 8. The zero-order chi connectivity index (χ0) is 8.93. The number of hydrogen-bond donors (Lipinski definition) is 0. The molecule has 77 valence electrons. The molecule has 2 rings (SSSR count). The molecule has 0 aromatic rings. The molecule has 0 aliphatic heterocycles. The van der Waals surface area contributed by atoms with Gasteiger partial charge in [-0.1, -0.05) is 36.5 Å². The van der Waals surface area contributed by atoms with E-state index in [-0.39, 0.29) is 16.8 Å². The van der Waals surface area contributed by atoms with Gasteiger partial charge in [0.1, 0.15) is 0 Å². The molecule has 0 nitrogen and oxygen atoms in total. The normalized spacial score (nSPS) is 26.6. The van der Waals surface area contributed by atoms with Gasteiger partial charge >= 0.3 is 0 Å². The summed E-state index contributed by atoms with van der Waals surface area (Å²) >= 11 is 0. The molecule has 0 N–H and O–H groups in total. The minimum absolute atomic E-state index is 0. The molecule has 0 atom stereocenters. The summed E-state index contributed by atoms with van der Waals surface area (Å²) in [6, 6.07) is 0. The van der Waals surface area contributed by atoms with Crippen LogP contribution in [-0.2, 0) is 16.8 Å². The monoisotopic (exact) mass is 231 g/mol. The molecule has 0 aromatic heterocycles. The molecule has 0 bridgehead atoms. The van der Waals surface area contributed by atoms with E-state index >= 15 is 0 Å². The van der Waals surface area contributed by atoms with Crippen molar-refractivity contribution in [2.45, 2.75) is 32.1 Å². The van der Waals surface area contributed by atoms with E-state index in [1.165, 1.54) is 31.3 Å². The van der Waals surface area contributed by atoms with Crippen LogP contribution < -0.4 is 0 Å². The minimum Gasteiger partial charge on any atom is -0.0882 e. The van der Waals surface area contributed by atoms with Crippen LogP contribution in [0.2, 0.25) is 0 Å². The van der Waals surface area contributed by atoms with Gasteiger partial charge in [0.25, 0.3) is 0 Å². The van der Waals surface area contributed by atoms with E-state index in [9.17, 15) is 0 Å². The maximum Gasteiger partial charge on any atom is 0 e. The van der Waals surface area contributed by atoms with Gasteiger partial charge in [0.2, 0.25) is 0 Å². The van der Waals surface area contributed by atoms with Gasteiger partial charge < -0.3 is 0 Å². The zero-order valence-electron chi connectivity index (χ0n) is 8.33. The smallest absolute Gasteiger partial charge is 0 e. The van der Waals surface area contributed by atoms with E-state index in [0.29, 0.717) is 0 Å². The SMILES string of the molecule is C1=CCC(/C2=C/CC/C=C\CC2)=C1.[Co]. The largest absolute Gasteiger partial charge is 0.0882 e. The van der Waals surface area contributed by atoms with Crippen LogP contribution in [0.3, 0.4) is 0 Å². The fraction of sp³-hybridized carbons (Fsp3) is 0.385. The number of hydrogen-bond acceptors (Lipinski definition) is 0. The van der Waals surface area contributed by atoms with E-state index in [2.05, 4.69) is 36.5 Å². The van der Waals surface area contributed by atoms with Crippen LogP contribution in [0.5, 0.6) is 0 Å². The summed E-state index contributed by atoms with van der Waals surface area (Å²) in [7, 11) is 0. The maximum atomic E-state index is 2.42. The van der Waals surface area contributed by atoms with Crippen LogP contribution in [-0.4, -0.2) is 0 Å². The summed E-state index contributed by atoms with van der Waals surface area (Å²) in [5.74, 6) is 0. The van der Waals surface area contributed by atoms with E-state index in [1.54, 1.807) is 5.57 Å². The van der Waals surface area contributed by atoms with Crippen molar-refractivity contribution >= 4 is 0 Å². The third-order valence-corrected chi connectivity index (χ3v) is 2.65. The molecule has 0 amide bonds. The summed E-state index contributed by atoms with van der Waals surface area (Å²) in [6.45, 7) is 0. The first-order valence-electron chi connectivity index (χ1n) is 5.17. The van der Waals surface area contributed by atoms with E-state index < -0.39 is 0 Å². The first-order valence-corrected chi connectivity index (χ1v) is 5.17. The van der Waals surface area contributed by atoms with Crippen molar-refractivity contribution < 1.29 is 16.8 Å². The standard InChI is InChI=1S/C13H16.Co/c1-2-4-8-12(9-5-3-1)13-10-6-7-11-13;/h1-2,6-7,9-10H,3-5,8,11H2;/b2-1-,12-9+;. The van der Waals surface area contributed by atoms with Crippen molar-refractivity contribution in [2.75, 3.05) is 0 Å². The molecule has 0 unspecified atom stereocenters. The Morgan fingerprint density at radius 1 is 0.857 bits per heavy atom. The summed E-state index contributed by atoms with van der Waals surface area (Å²) in [4.78, 5) is 0. The van der Waals surface area contributed by atoms with E-state index in [4.69, 9.17) is 0 Å². The molecule has 2 aliphatic carbocycles. The van der Waals surface area contributed by atoms with Gasteiger partial charge in [-0.3, -0.25) is 0 Å². The molecular formula is C13H16Co. The van der Waals surface area contributed by atoms with Crippen LogP contribution >= 0.6 is 0 Å². The molecule has 14 heavy (non-hydrogen) atoms.